The van der Waals surface area contributed by atoms with Crippen molar-refractivity contribution < 1.29 is 41.7 Å². The van der Waals surface area contributed by atoms with Crippen LogP contribution in [0, 0.1) is 27.7 Å². The van der Waals surface area contributed by atoms with Crippen molar-refractivity contribution in [1.29, 1.82) is 0 Å². The number of methoxy groups -OCH3 is 3. The molecular weight excluding hydrogens is 990 g/mol. The zero-order valence-electron chi connectivity index (χ0n) is 43.7. The number of carbonyl (C=O) groups excluding carboxylic acids is 2. The van der Waals surface area contributed by atoms with Crippen LogP contribution in [0.15, 0.2) is 128 Å². The molecule has 4 aromatic carbocycles. The van der Waals surface area contributed by atoms with E-state index in [-0.39, 0.29) is 31.2 Å². The fourth-order valence-electron chi connectivity index (χ4n) is 9.90. The van der Waals surface area contributed by atoms with Gasteiger partial charge in [-0.1, -0.05) is 60.7 Å². The van der Waals surface area contributed by atoms with Gasteiger partial charge in [-0.3, -0.25) is 20.6 Å². The van der Waals surface area contributed by atoms with Gasteiger partial charge in [0.15, 0.2) is 0 Å². The smallest absolute Gasteiger partial charge is 0.405 e. The van der Waals surface area contributed by atoms with E-state index in [4.69, 9.17) is 29.4 Å². The van der Waals surface area contributed by atoms with Gasteiger partial charge in [-0.2, -0.15) is 10.2 Å². The van der Waals surface area contributed by atoms with E-state index in [1.807, 2.05) is 113 Å². The zero-order valence-corrected chi connectivity index (χ0v) is 43.7. The zero-order chi connectivity index (χ0) is 54.4. The number of rotatable bonds is 18. The topological polar surface area (TPSA) is 181 Å². The number of anilines is 2. The van der Waals surface area contributed by atoms with Crippen molar-refractivity contribution in [2.45, 2.75) is 84.7 Å². The number of alkyl halides is 3. The van der Waals surface area contributed by atoms with Gasteiger partial charge in [-0.05, 0) is 129 Å². The molecule has 0 aliphatic heterocycles. The lowest BCUT2D eigenvalue weighted by Gasteiger charge is -2.48. The number of para-hydroxylation sites is 2. The Morgan fingerprint density at radius 3 is 1.71 bits per heavy atom. The lowest BCUT2D eigenvalue weighted by molar-refractivity contribution is -0.274. The Labute approximate surface area is 444 Å². The van der Waals surface area contributed by atoms with E-state index in [1.54, 1.807) is 36.0 Å². The van der Waals surface area contributed by atoms with Gasteiger partial charge in [0.2, 0.25) is 0 Å². The molecule has 0 spiro atoms. The molecule has 0 bridgehead atoms. The number of carbonyl (C=O) groups is 2. The van der Waals surface area contributed by atoms with Crippen LogP contribution in [0.1, 0.15) is 74.7 Å². The molecule has 8 aromatic rings. The molecule has 9 rings (SSSR count). The van der Waals surface area contributed by atoms with Gasteiger partial charge in [-0.15, -0.1) is 13.2 Å². The minimum Gasteiger partial charge on any atom is -0.405 e. The molecule has 1 saturated carbocycles. The first-order valence-corrected chi connectivity index (χ1v) is 24.9. The number of halogens is 3. The number of aryl methyl sites for hydroxylation is 2. The van der Waals surface area contributed by atoms with Gasteiger partial charge in [-0.25, -0.2) is 19.0 Å². The van der Waals surface area contributed by atoms with Crippen molar-refractivity contribution in [1.82, 2.24) is 40.2 Å². The minimum atomic E-state index is -4.94. The summed E-state index contributed by atoms with van der Waals surface area (Å²) >= 11 is 0. The second-order valence-electron chi connectivity index (χ2n) is 19.0. The Bertz CT molecular complexity index is 3400. The van der Waals surface area contributed by atoms with E-state index in [9.17, 15) is 22.8 Å². The molecule has 19 heteroatoms. The molecule has 16 nitrogen and oxygen atoms in total. The quantitative estimate of drug-likeness (QED) is 0.0646. The van der Waals surface area contributed by atoms with Crippen LogP contribution >= 0.6 is 0 Å². The third-order valence-corrected chi connectivity index (χ3v) is 13.8. The third-order valence-electron chi connectivity index (χ3n) is 13.8. The highest BCUT2D eigenvalue weighted by atomic mass is 19.4. The Morgan fingerprint density at radius 1 is 0.649 bits per heavy atom. The van der Waals surface area contributed by atoms with Gasteiger partial charge in [0.25, 0.3) is 0 Å². The standard InChI is InChI=1S/C58H59F3N10O6/c1-35-18-21-41(29-62-35)51-36(2)53(70(68-51)46-14-10-8-11-15-46)66-55(72)64-30-42-24-39(33-74-5)19-22-49(42)57(76-7)27-45(28-57)48-26-44(32-63-38(48)4)52-37(3)54(71(69-52)47-16-12-9-13-17-47)67-56(73)65-31-43-25-40(34-75-6)20-23-50(43)77-58(59,60)61/h8-26,29,32,45H,27-28,30-31,33-34H2,1-7H3,(H2,64,66,72)(H2,65,67,73). The lowest BCUT2D eigenvalue weighted by atomic mass is 9.63. The molecule has 1 fully saturated rings. The number of nitrogens with one attached hydrogen (secondary N) is 4. The van der Waals surface area contributed by atoms with Crippen molar-refractivity contribution in [2.24, 2.45) is 0 Å². The summed E-state index contributed by atoms with van der Waals surface area (Å²) in [5.74, 6) is 0.458. The second-order valence-corrected chi connectivity index (χ2v) is 19.0. The Balaban J connectivity index is 0.949. The number of pyridine rings is 2. The molecule has 77 heavy (non-hydrogen) atoms. The third kappa shape index (κ3) is 11.9. The number of amides is 4. The molecule has 398 valence electrons. The fraction of sp³-hybridized carbons (Fsp3) is 0.276. The monoisotopic (exact) mass is 1050 g/mol. The summed E-state index contributed by atoms with van der Waals surface area (Å²) in [5.41, 5.74) is 11.1. The molecule has 0 unspecified atom stereocenters. The van der Waals surface area contributed by atoms with Gasteiger partial charge >= 0.3 is 18.4 Å². The Morgan fingerprint density at radius 2 is 1.18 bits per heavy atom. The van der Waals surface area contributed by atoms with E-state index in [0.29, 0.717) is 64.8 Å². The summed E-state index contributed by atoms with van der Waals surface area (Å²) in [6.07, 6.45) is -0.183. The Hall–Kier alpha value is -8.39. The van der Waals surface area contributed by atoms with Crippen LogP contribution < -0.4 is 26.0 Å². The highest BCUT2D eigenvalue weighted by molar-refractivity contribution is 5.92. The second kappa shape index (κ2) is 22.8. The van der Waals surface area contributed by atoms with Crippen LogP contribution in [0.4, 0.5) is 34.4 Å². The molecule has 4 aromatic heterocycles. The van der Waals surface area contributed by atoms with Gasteiger partial charge in [0.1, 0.15) is 17.4 Å². The fourth-order valence-corrected chi connectivity index (χ4v) is 9.90. The van der Waals surface area contributed by atoms with E-state index >= 15 is 0 Å². The van der Waals surface area contributed by atoms with Crippen molar-refractivity contribution >= 4 is 23.7 Å². The number of benzene rings is 4. The lowest BCUT2D eigenvalue weighted by Crippen LogP contribution is -2.43. The van der Waals surface area contributed by atoms with E-state index < -0.39 is 29.8 Å². The van der Waals surface area contributed by atoms with Crippen LogP contribution in [0.5, 0.6) is 5.75 Å². The normalized spacial score (nSPS) is 15.2. The predicted molar refractivity (Wildman–Crippen MR) is 286 cm³/mol. The molecule has 4 heterocycles. The summed E-state index contributed by atoms with van der Waals surface area (Å²) in [7, 11) is 4.82. The highest BCUT2D eigenvalue weighted by Crippen LogP contribution is 2.55. The summed E-state index contributed by atoms with van der Waals surface area (Å²) in [4.78, 5) is 37.0. The first-order chi connectivity index (χ1) is 37.1. The van der Waals surface area contributed by atoms with E-state index in [0.717, 1.165) is 50.5 Å². The number of aromatic nitrogens is 6. The molecule has 0 saturated heterocycles. The average Bonchev–Trinajstić information content (AvgIpc) is 3.93. The molecule has 0 atom stereocenters. The largest absolute Gasteiger partial charge is 0.573 e. The number of urea groups is 2. The average molecular weight is 1050 g/mol. The summed E-state index contributed by atoms with van der Waals surface area (Å²) < 4.78 is 64.8. The van der Waals surface area contributed by atoms with Crippen molar-refractivity contribution in [3.05, 3.63) is 184 Å². The number of ether oxygens (including phenoxy) is 4. The maximum absolute atomic E-state index is 14.0. The number of hydrogen-bond donors (Lipinski definition) is 4. The molecule has 0 radical (unpaired) electrons. The molecule has 4 amide bonds. The van der Waals surface area contributed by atoms with Crippen molar-refractivity contribution in [3.8, 4) is 39.6 Å². The van der Waals surface area contributed by atoms with E-state index in [1.165, 1.54) is 25.3 Å². The summed E-state index contributed by atoms with van der Waals surface area (Å²) in [5, 5.41) is 21.7. The van der Waals surface area contributed by atoms with Gasteiger partial charge < -0.3 is 29.6 Å². The summed E-state index contributed by atoms with van der Waals surface area (Å²) in [6, 6.07) is 34.0. The molecule has 1 aliphatic carbocycles. The van der Waals surface area contributed by atoms with Gasteiger partial charge in [0.05, 0.1) is 41.6 Å². The highest BCUT2D eigenvalue weighted by Gasteiger charge is 2.48. The molecule has 4 N–H and O–H groups in total. The van der Waals surface area contributed by atoms with Crippen molar-refractivity contribution in [2.75, 3.05) is 32.0 Å². The molecule has 1 aliphatic rings. The van der Waals surface area contributed by atoms with Crippen LogP contribution in [0.3, 0.4) is 0 Å². The maximum Gasteiger partial charge on any atom is 0.573 e. The van der Waals surface area contributed by atoms with Crippen molar-refractivity contribution in [3.63, 3.8) is 0 Å². The van der Waals surface area contributed by atoms with Gasteiger partial charge in [0, 0.05) is 86.0 Å². The number of hydrogen-bond acceptors (Lipinski definition) is 10. The number of nitrogens with zero attached hydrogens (tertiary/aromatic N) is 6. The first-order valence-electron chi connectivity index (χ1n) is 24.9. The van der Waals surface area contributed by atoms with Crippen LogP contribution in [0.25, 0.3) is 33.9 Å². The summed E-state index contributed by atoms with van der Waals surface area (Å²) in [6.45, 7) is 8.08. The Kier molecular flexibility index (Phi) is 15.8. The SMILES string of the molecule is COCc1ccc(OC(F)(F)F)c(CNC(=O)Nc2c(C)c(-c3cnc(C)c(C4CC(OC)(c5ccc(COC)cc5CNC(=O)Nc5c(C)c(-c6ccc(C)nc6)nn5-c5ccccc5)C4)c3)nn2-c2ccccc2)c1. The first kappa shape index (κ1) is 53.4. The predicted octanol–water partition coefficient (Wildman–Crippen LogP) is 11.7. The minimum absolute atomic E-state index is 0.0258. The maximum atomic E-state index is 14.0. The van der Waals surface area contributed by atoms with Crippen LogP contribution in [-0.2, 0) is 46.1 Å². The molecular formula is C58H59F3N10O6. The van der Waals surface area contributed by atoms with Crippen LogP contribution in [-0.4, -0.2) is 69.3 Å². The van der Waals surface area contributed by atoms with Crippen LogP contribution in [0.2, 0.25) is 0 Å². The van der Waals surface area contributed by atoms with E-state index in [2.05, 4.69) is 43.1 Å².